The largest absolute Gasteiger partial charge is 0.497 e. The van der Waals surface area contributed by atoms with E-state index in [1.165, 1.54) is 10.4 Å². The number of benzene rings is 1. The number of nitrogens with zero attached hydrogens (tertiary/aromatic N) is 3. The number of halogens is 1. The molecular formula is C21H31IN4O2S. The first kappa shape index (κ1) is 23.9. The first-order valence-corrected chi connectivity index (χ1v) is 10.5. The number of rotatable bonds is 7. The van der Waals surface area contributed by atoms with E-state index in [0.717, 1.165) is 51.1 Å². The van der Waals surface area contributed by atoms with E-state index in [1.54, 1.807) is 7.11 Å². The van der Waals surface area contributed by atoms with Crippen LogP contribution in [0.4, 0.5) is 0 Å². The van der Waals surface area contributed by atoms with Gasteiger partial charge in [-0.1, -0.05) is 18.2 Å². The average Bonchev–Trinajstić information content (AvgIpc) is 3.27. The molecule has 1 aromatic carbocycles. The van der Waals surface area contributed by atoms with E-state index in [9.17, 15) is 0 Å². The monoisotopic (exact) mass is 530 g/mol. The van der Waals surface area contributed by atoms with Crippen LogP contribution in [-0.4, -0.2) is 69.8 Å². The van der Waals surface area contributed by atoms with Gasteiger partial charge in [-0.3, -0.25) is 9.89 Å². The van der Waals surface area contributed by atoms with E-state index in [2.05, 4.69) is 56.8 Å². The molecule has 1 unspecified atom stereocenters. The van der Waals surface area contributed by atoms with Crippen molar-refractivity contribution in [3.8, 4) is 5.75 Å². The second kappa shape index (κ2) is 12.4. The maximum absolute atomic E-state index is 5.54. The van der Waals surface area contributed by atoms with Crippen molar-refractivity contribution >= 4 is 41.3 Å². The van der Waals surface area contributed by atoms with Gasteiger partial charge in [0.15, 0.2) is 5.96 Å². The van der Waals surface area contributed by atoms with Crippen LogP contribution in [0, 0.1) is 0 Å². The first-order chi connectivity index (χ1) is 13.7. The van der Waals surface area contributed by atoms with Crippen LogP contribution in [0.25, 0.3) is 0 Å². The Morgan fingerprint density at radius 3 is 2.59 bits per heavy atom. The Labute approximate surface area is 194 Å². The summed E-state index contributed by atoms with van der Waals surface area (Å²) in [6.07, 6.45) is 0. The highest BCUT2D eigenvalue weighted by Crippen LogP contribution is 2.25. The van der Waals surface area contributed by atoms with Crippen molar-refractivity contribution in [3.63, 3.8) is 0 Å². The predicted molar refractivity (Wildman–Crippen MR) is 131 cm³/mol. The van der Waals surface area contributed by atoms with Gasteiger partial charge in [0, 0.05) is 45.2 Å². The Morgan fingerprint density at radius 2 is 2.00 bits per heavy atom. The van der Waals surface area contributed by atoms with Crippen molar-refractivity contribution < 1.29 is 9.47 Å². The van der Waals surface area contributed by atoms with Gasteiger partial charge >= 0.3 is 0 Å². The van der Waals surface area contributed by atoms with Crippen LogP contribution in [0.3, 0.4) is 0 Å². The molecule has 29 heavy (non-hydrogen) atoms. The number of methoxy groups -OCH3 is 1. The zero-order chi connectivity index (χ0) is 19.8. The molecule has 1 aliphatic rings. The topological polar surface area (TPSA) is 49.3 Å². The van der Waals surface area contributed by atoms with Gasteiger partial charge in [0.05, 0.1) is 26.4 Å². The molecule has 0 radical (unpaired) electrons. The van der Waals surface area contributed by atoms with Gasteiger partial charge in [-0.2, -0.15) is 0 Å². The van der Waals surface area contributed by atoms with E-state index in [0.29, 0.717) is 6.04 Å². The van der Waals surface area contributed by atoms with Crippen molar-refractivity contribution in [2.75, 3.05) is 54.1 Å². The van der Waals surface area contributed by atoms with Crippen molar-refractivity contribution in [3.05, 3.63) is 52.2 Å². The highest BCUT2D eigenvalue weighted by atomic mass is 127. The minimum atomic E-state index is 0. The molecule has 1 saturated heterocycles. The second-order valence-electron chi connectivity index (χ2n) is 6.81. The van der Waals surface area contributed by atoms with Crippen LogP contribution in [0.5, 0.6) is 5.75 Å². The smallest absolute Gasteiger partial charge is 0.193 e. The van der Waals surface area contributed by atoms with Gasteiger partial charge in [0.2, 0.25) is 0 Å². The fourth-order valence-electron chi connectivity index (χ4n) is 3.43. The molecule has 1 atom stereocenters. The number of thiophene rings is 1. The summed E-state index contributed by atoms with van der Waals surface area (Å²) in [5.74, 6) is 1.77. The molecule has 1 aromatic heterocycles. The van der Waals surface area contributed by atoms with Crippen molar-refractivity contribution in [1.82, 2.24) is 15.1 Å². The number of nitrogens with one attached hydrogen (secondary N) is 1. The zero-order valence-corrected chi connectivity index (χ0v) is 20.5. The van der Waals surface area contributed by atoms with E-state index in [1.807, 2.05) is 30.5 Å². The molecule has 8 heteroatoms. The summed E-state index contributed by atoms with van der Waals surface area (Å²) in [5, 5.41) is 5.72. The molecular weight excluding hydrogens is 499 g/mol. The molecule has 160 valence electrons. The molecule has 6 nitrogen and oxygen atoms in total. The molecule has 1 fully saturated rings. The van der Waals surface area contributed by atoms with E-state index < -0.39 is 0 Å². The summed E-state index contributed by atoms with van der Waals surface area (Å²) >= 11 is 1.81. The summed E-state index contributed by atoms with van der Waals surface area (Å²) in [6.45, 7) is 5.13. The summed E-state index contributed by atoms with van der Waals surface area (Å²) in [4.78, 5) is 10.5. The Bertz CT molecular complexity index is 734. The van der Waals surface area contributed by atoms with Gasteiger partial charge < -0.3 is 19.7 Å². The van der Waals surface area contributed by atoms with Crippen LogP contribution >= 0.6 is 35.3 Å². The third-order valence-electron chi connectivity index (χ3n) is 4.96. The molecule has 3 rings (SSSR count). The number of aliphatic imine (C=N–C) groups is 1. The predicted octanol–water partition coefficient (Wildman–Crippen LogP) is 3.46. The molecule has 0 aliphatic carbocycles. The fraction of sp³-hybridized carbons (Fsp3) is 0.476. The number of guanidine groups is 1. The maximum Gasteiger partial charge on any atom is 0.193 e. The molecule has 1 N–H and O–H groups in total. The highest BCUT2D eigenvalue weighted by molar-refractivity contribution is 14.0. The van der Waals surface area contributed by atoms with Gasteiger partial charge in [-0.05, 0) is 29.1 Å². The zero-order valence-electron chi connectivity index (χ0n) is 17.3. The maximum atomic E-state index is 5.54. The molecule has 0 bridgehead atoms. The lowest BCUT2D eigenvalue weighted by atomic mass is 10.2. The highest BCUT2D eigenvalue weighted by Gasteiger charge is 2.24. The Morgan fingerprint density at radius 1 is 1.28 bits per heavy atom. The fourth-order valence-corrected chi connectivity index (χ4v) is 4.29. The molecule has 1 aliphatic heterocycles. The van der Waals surface area contributed by atoms with E-state index >= 15 is 0 Å². The van der Waals surface area contributed by atoms with Crippen molar-refractivity contribution in [1.29, 1.82) is 0 Å². The van der Waals surface area contributed by atoms with Crippen LogP contribution in [0.15, 0.2) is 46.8 Å². The average molecular weight is 530 g/mol. The minimum Gasteiger partial charge on any atom is -0.497 e. The lowest BCUT2D eigenvalue weighted by Gasteiger charge is -2.35. The van der Waals surface area contributed by atoms with Crippen LogP contribution < -0.4 is 10.1 Å². The lowest BCUT2D eigenvalue weighted by molar-refractivity contribution is 0.0176. The molecule has 0 spiro atoms. The molecule has 0 saturated carbocycles. The number of ether oxygens (including phenoxy) is 2. The number of hydrogen-bond donors (Lipinski definition) is 1. The van der Waals surface area contributed by atoms with E-state index in [4.69, 9.17) is 9.47 Å². The summed E-state index contributed by atoms with van der Waals surface area (Å²) in [5.41, 5.74) is 1.22. The Hall–Kier alpha value is -1.36. The summed E-state index contributed by atoms with van der Waals surface area (Å²) < 4.78 is 10.8. The minimum absolute atomic E-state index is 0. The van der Waals surface area contributed by atoms with Crippen LogP contribution in [0.2, 0.25) is 0 Å². The first-order valence-electron chi connectivity index (χ1n) is 9.61. The molecule has 2 heterocycles. The van der Waals surface area contributed by atoms with Crippen molar-refractivity contribution in [2.24, 2.45) is 4.99 Å². The van der Waals surface area contributed by atoms with Crippen molar-refractivity contribution in [2.45, 2.75) is 12.6 Å². The van der Waals surface area contributed by atoms with Gasteiger partial charge in [0.25, 0.3) is 0 Å². The Balaban J connectivity index is 0.00000300. The summed E-state index contributed by atoms with van der Waals surface area (Å²) in [6, 6.07) is 12.8. The lowest BCUT2D eigenvalue weighted by Crippen LogP contribution is -2.46. The van der Waals surface area contributed by atoms with Crippen LogP contribution in [0.1, 0.15) is 16.5 Å². The number of morpholine rings is 1. The normalized spacial score (nSPS) is 16.0. The third-order valence-corrected chi connectivity index (χ3v) is 5.94. The standard InChI is InChI=1S/C21H30N4O2S.HI/c1-22-21(24(2)16-17-6-8-18(26-3)9-7-17)23-15-19(20-5-4-14-28-20)25-10-12-27-13-11-25;/h4-9,14,19H,10-13,15-16H2,1-3H3,(H,22,23);1H. The van der Waals surface area contributed by atoms with E-state index in [-0.39, 0.29) is 24.0 Å². The summed E-state index contributed by atoms with van der Waals surface area (Å²) in [7, 11) is 5.58. The van der Waals surface area contributed by atoms with Gasteiger partial charge in [-0.15, -0.1) is 35.3 Å². The van der Waals surface area contributed by atoms with Gasteiger partial charge in [0.1, 0.15) is 5.75 Å². The quantitative estimate of drug-likeness (QED) is 0.338. The third kappa shape index (κ3) is 6.84. The molecule has 2 aromatic rings. The Kier molecular flexibility index (Phi) is 10.2. The second-order valence-corrected chi connectivity index (χ2v) is 7.79. The number of hydrogen-bond acceptors (Lipinski definition) is 5. The SMILES string of the molecule is CN=C(NCC(c1cccs1)N1CCOCC1)N(C)Cc1ccc(OC)cc1.I. The molecule has 0 amide bonds. The van der Waals surface area contributed by atoms with Crippen LogP contribution in [-0.2, 0) is 11.3 Å². The van der Waals surface area contributed by atoms with Gasteiger partial charge in [-0.25, -0.2) is 0 Å².